The van der Waals surface area contributed by atoms with Crippen LogP contribution in [0.15, 0.2) is 89.8 Å². The summed E-state index contributed by atoms with van der Waals surface area (Å²) in [4.78, 5) is 28.1. The molecule has 2 amide bonds. The highest BCUT2D eigenvalue weighted by atomic mass is 32.2. The molecule has 0 saturated carbocycles. The first-order chi connectivity index (χ1) is 18.3. The van der Waals surface area contributed by atoms with Crippen LogP contribution in [0.3, 0.4) is 0 Å². The number of carbonyl (C=O) groups excluding carboxylic acids is 2. The molecular formula is C29H35N3O5S. The normalized spacial score (nSPS) is 11.9. The maximum atomic E-state index is 13.8. The fourth-order valence-corrected chi connectivity index (χ4v) is 5.38. The number of hydrogen-bond acceptors (Lipinski definition) is 5. The van der Waals surface area contributed by atoms with Gasteiger partial charge >= 0.3 is 0 Å². The first kappa shape index (κ1) is 28.7. The fraction of sp³-hybridized carbons (Fsp3) is 0.310. The predicted octanol–water partition coefficient (Wildman–Crippen LogP) is 3.88. The van der Waals surface area contributed by atoms with Crippen molar-refractivity contribution in [1.82, 2.24) is 10.2 Å². The summed E-state index contributed by atoms with van der Waals surface area (Å²) in [7, 11) is -2.60. The topological polar surface area (TPSA) is 96.0 Å². The lowest BCUT2D eigenvalue weighted by Crippen LogP contribution is -2.52. The summed E-state index contributed by atoms with van der Waals surface area (Å²) >= 11 is 0. The van der Waals surface area contributed by atoms with Crippen LogP contribution in [0.1, 0.15) is 25.8 Å². The number of nitrogens with one attached hydrogen (secondary N) is 1. The van der Waals surface area contributed by atoms with Gasteiger partial charge in [0.1, 0.15) is 18.3 Å². The Morgan fingerprint density at radius 2 is 1.53 bits per heavy atom. The summed E-state index contributed by atoms with van der Waals surface area (Å²) in [5.41, 5.74) is 1.36. The quantitative estimate of drug-likeness (QED) is 0.357. The van der Waals surface area contributed by atoms with Crippen LogP contribution < -0.4 is 14.4 Å². The van der Waals surface area contributed by atoms with Gasteiger partial charge in [-0.25, -0.2) is 8.42 Å². The van der Waals surface area contributed by atoms with E-state index in [1.54, 1.807) is 49.4 Å². The van der Waals surface area contributed by atoms with Crippen molar-refractivity contribution in [1.29, 1.82) is 0 Å². The molecule has 0 heterocycles. The lowest BCUT2D eigenvalue weighted by atomic mass is 10.1. The second kappa shape index (κ2) is 13.6. The summed E-state index contributed by atoms with van der Waals surface area (Å²) in [6, 6.07) is 23.4. The number of rotatable bonds is 13. The van der Waals surface area contributed by atoms with Gasteiger partial charge in [-0.3, -0.25) is 13.9 Å². The minimum atomic E-state index is -4.11. The Morgan fingerprint density at radius 3 is 2.11 bits per heavy atom. The molecule has 1 N–H and O–H groups in total. The SMILES string of the molecule is CCCNC(=O)C(C)N(CCc1ccccc1)C(=O)CN(c1ccccc1)S(=O)(=O)c1ccc(OC)cc1. The highest BCUT2D eigenvalue weighted by Crippen LogP contribution is 2.25. The Bertz CT molecular complexity index is 1280. The maximum absolute atomic E-state index is 13.8. The number of methoxy groups -OCH3 is 1. The molecule has 8 nitrogen and oxygen atoms in total. The average Bonchev–Trinajstić information content (AvgIpc) is 2.95. The largest absolute Gasteiger partial charge is 0.497 e. The van der Waals surface area contributed by atoms with Crippen molar-refractivity contribution < 1.29 is 22.7 Å². The van der Waals surface area contributed by atoms with Crippen molar-refractivity contribution in [2.24, 2.45) is 0 Å². The van der Waals surface area contributed by atoms with E-state index in [-0.39, 0.29) is 17.3 Å². The lowest BCUT2D eigenvalue weighted by molar-refractivity contribution is -0.138. The van der Waals surface area contributed by atoms with E-state index < -0.39 is 28.5 Å². The molecule has 0 spiro atoms. The van der Waals surface area contributed by atoms with Crippen LogP contribution in [0.25, 0.3) is 0 Å². The lowest BCUT2D eigenvalue weighted by Gasteiger charge is -2.32. The van der Waals surface area contributed by atoms with Crippen molar-refractivity contribution in [3.63, 3.8) is 0 Å². The molecule has 202 valence electrons. The molecule has 1 atom stereocenters. The third-order valence-corrected chi connectivity index (χ3v) is 7.96. The average molecular weight is 538 g/mol. The van der Waals surface area contributed by atoms with Crippen LogP contribution in [0, 0.1) is 0 Å². The van der Waals surface area contributed by atoms with Crippen LogP contribution in [-0.2, 0) is 26.0 Å². The molecule has 1 unspecified atom stereocenters. The van der Waals surface area contributed by atoms with Crippen LogP contribution in [-0.4, -0.2) is 57.9 Å². The zero-order valence-corrected chi connectivity index (χ0v) is 22.9. The Hall–Kier alpha value is -3.85. The van der Waals surface area contributed by atoms with Gasteiger partial charge in [0.15, 0.2) is 0 Å². The zero-order chi connectivity index (χ0) is 27.5. The van der Waals surface area contributed by atoms with Gasteiger partial charge in [0.05, 0.1) is 17.7 Å². The van der Waals surface area contributed by atoms with E-state index in [0.29, 0.717) is 24.4 Å². The first-order valence-electron chi connectivity index (χ1n) is 12.6. The number of benzene rings is 3. The van der Waals surface area contributed by atoms with E-state index in [9.17, 15) is 18.0 Å². The highest BCUT2D eigenvalue weighted by Gasteiger charge is 2.32. The van der Waals surface area contributed by atoms with Gasteiger partial charge in [-0.2, -0.15) is 0 Å². The second-order valence-electron chi connectivity index (χ2n) is 8.81. The van der Waals surface area contributed by atoms with Crippen LogP contribution >= 0.6 is 0 Å². The van der Waals surface area contributed by atoms with Crippen LogP contribution in [0.5, 0.6) is 5.75 Å². The molecule has 0 saturated heterocycles. The molecule has 0 aliphatic carbocycles. The van der Waals surface area contributed by atoms with E-state index in [2.05, 4.69) is 5.32 Å². The third-order valence-electron chi connectivity index (χ3n) is 6.17. The van der Waals surface area contributed by atoms with Crippen molar-refractivity contribution in [2.45, 2.75) is 37.6 Å². The number of amides is 2. The number of sulfonamides is 1. The smallest absolute Gasteiger partial charge is 0.264 e. The summed E-state index contributed by atoms with van der Waals surface area (Å²) in [6.45, 7) is 3.91. The van der Waals surface area contributed by atoms with Crippen molar-refractivity contribution in [2.75, 3.05) is 31.0 Å². The number of anilines is 1. The van der Waals surface area contributed by atoms with E-state index in [4.69, 9.17) is 4.74 Å². The predicted molar refractivity (Wildman–Crippen MR) is 149 cm³/mol. The standard InChI is InChI=1S/C29H35N3O5S/c1-4-20-30-29(34)23(2)31(21-19-24-11-7-5-8-12-24)28(33)22-32(25-13-9-6-10-14-25)38(35,36)27-17-15-26(37-3)16-18-27/h5-18,23H,4,19-22H2,1-3H3,(H,30,34). The summed E-state index contributed by atoms with van der Waals surface area (Å²) in [6.07, 6.45) is 1.28. The van der Waals surface area contributed by atoms with E-state index in [1.165, 1.54) is 24.1 Å². The van der Waals surface area contributed by atoms with E-state index in [0.717, 1.165) is 16.3 Å². The Labute approximate surface area is 225 Å². The minimum Gasteiger partial charge on any atom is -0.497 e. The summed E-state index contributed by atoms with van der Waals surface area (Å²) in [5.74, 6) is -0.233. The molecule has 0 aromatic heterocycles. The van der Waals surface area contributed by atoms with E-state index >= 15 is 0 Å². The van der Waals surface area contributed by atoms with Crippen LogP contribution in [0.2, 0.25) is 0 Å². The van der Waals surface area contributed by atoms with Gasteiger partial charge in [0.25, 0.3) is 10.0 Å². The van der Waals surface area contributed by atoms with Gasteiger partial charge in [-0.15, -0.1) is 0 Å². The third kappa shape index (κ3) is 7.35. The molecule has 0 aliphatic heterocycles. The number of carbonyl (C=O) groups is 2. The molecule has 9 heteroatoms. The van der Waals surface area contributed by atoms with Gasteiger partial charge < -0.3 is 15.0 Å². The van der Waals surface area contributed by atoms with Gasteiger partial charge in [-0.1, -0.05) is 55.5 Å². The molecule has 3 aromatic carbocycles. The number of hydrogen-bond donors (Lipinski definition) is 1. The summed E-state index contributed by atoms with van der Waals surface area (Å²) in [5, 5.41) is 2.84. The minimum absolute atomic E-state index is 0.0273. The van der Waals surface area contributed by atoms with E-state index in [1.807, 2.05) is 37.3 Å². The second-order valence-corrected chi connectivity index (χ2v) is 10.7. The van der Waals surface area contributed by atoms with Crippen molar-refractivity contribution in [3.05, 3.63) is 90.5 Å². The fourth-order valence-electron chi connectivity index (χ4n) is 3.96. The Kier molecular flexibility index (Phi) is 10.3. The van der Waals surface area contributed by atoms with Crippen LogP contribution in [0.4, 0.5) is 5.69 Å². The molecule has 0 fully saturated rings. The Morgan fingerprint density at radius 1 is 0.921 bits per heavy atom. The zero-order valence-electron chi connectivity index (χ0n) is 22.0. The molecule has 0 bridgehead atoms. The van der Waals surface area contributed by atoms with Gasteiger partial charge in [0.2, 0.25) is 11.8 Å². The maximum Gasteiger partial charge on any atom is 0.264 e. The van der Waals surface area contributed by atoms with Crippen molar-refractivity contribution in [3.8, 4) is 5.75 Å². The molecule has 0 radical (unpaired) electrons. The molecule has 0 aliphatic rings. The first-order valence-corrected chi connectivity index (χ1v) is 14.0. The molecule has 3 aromatic rings. The highest BCUT2D eigenvalue weighted by molar-refractivity contribution is 7.92. The Balaban J connectivity index is 1.93. The molecular weight excluding hydrogens is 502 g/mol. The summed E-state index contributed by atoms with van der Waals surface area (Å²) < 4.78 is 33.7. The molecule has 3 rings (SSSR count). The van der Waals surface area contributed by atoms with Crippen molar-refractivity contribution >= 4 is 27.5 Å². The number of ether oxygens (including phenoxy) is 1. The number of para-hydroxylation sites is 1. The monoisotopic (exact) mass is 537 g/mol. The van der Waals surface area contributed by atoms with Gasteiger partial charge in [-0.05, 0) is 61.7 Å². The molecule has 38 heavy (non-hydrogen) atoms. The van der Waals surface area contributed by atoms with Gasteiger partial charge in [0, 0.05) is 13.1 Å². The number of nitrogens with zero attached hydrogens (tertiary/aromatic N) is 2.